The first-order valence-corrected chi connectivity index (χ1v) is 4.40. The molecule has 0 radical (unpaired) electrons. The van der Waals surface area contributed by atoms with Gasteiger partial charge in [-0.3, -0.25) is 4.79 Å². The van der Waals surface area contributed by atoms with Gasteiger partial charge in [-0.2, -0.15) is 8.78 Å². The zero-order valence-corrected chi connectivity index (χ0v) is 12.6. The molecular formula is C9H12F2KNO3. The number of alkyl halides is 2. The monoisotopic (exact) mass is 259 g/mol. The Morgan fingerprint density at radius 3 is 2.06 bits per heavy atom. The Morgan fingerprint density at radius 2 is 1.81 bits per heavy atom. The van der Waals surface area contributed by atoms with E-state index in [2.05, 4.69) is 0 Å². The smallest absolute Gasteiger partial charge is 0.545 e. The third-order valence-corrected chi connectivity index (χ3v) is 1.85. The van der Waals surface area contributed by atoms with Crippen molar-refractivity contribution in [2.24, 2.45) is 0 Å². The molecule has 0 saturated carbocycles. The largest absolute Gasteiger partial charge is 1.00 e. The molecule has 0 saturated heterocycles. The Labute approximate surface area is 135 Å². The van der Waals surface area contributed by atoms with E-state index < -0.39 is 23.8 Å². The second-order valence-corrected chi connectivity index (χ2v) is 2.79. The maximum Gasteiger partial charge on any atom is 1.00 e. The molecule has 0 aliphatic carbocycles. The summed E-state index contributed by atoms with van der Waals surface area (Å²) in [5, 5.41) is 10.4. The van der Waals surface area contributed by atoms with E-state index in [-0.39, 0.29) is 51.4 Å². The van der Waals surface area contributed by atoms with Crippen molar-refractivity contribution in [3.63, 3.8) is 0 Å². The van der Waals surface area contributed by atoms with Gasteiger partial charge in [-0.15, -0.1) is 0 Å². The Kier molecular flexibility index (Phi) is 9.61. The fraction of sp³-hybridized carbons (Fsp3) is 0.556. The first-order valence-electron chi connectivity index (χ1n) is 4.40. The Balaban J connectivity index is 0. The van der Waals surface area contributed by atoms with Gasteiger partial charge in [0, 0.05) is 19.3 Å². The van der Waals surface area contributed by atoms with E-state index in [9.17, 15) is 23.5 Å². The summed E-state index contributed by atoms with van der Waals surface area (Å²) >= 11 is 0. The number of carbonyl (C=O) groups is 2. The number of carboxylic acid groups (broad SMARTS) is 1. The average Bonchev–Trinajstić information content (AvgIpc) is 2.18. The van der Waals surface area contributed by atoms with Crippen molar-refractivity contribution in [1.29, 1.82) is 0 Å². The molecule has 0 bridgehead atoms. The molecule has 0 aromatic heterocycles. The van der Waals surface area contributed by atoms with Crippen molar-refractivity contribution in [2.75, 3.05) is 13.1 Å². The van der Waals surface area contributed by atoms with Crippen molar-refractivity contribution in [3.8, 4) is 0 Å². The number of aliphatic carboxylic acids is 1. The minimum atomic E-state index is -4.01. The topological polar surface area (TPSA) is 60.4 Å². The summed E-state index contributed by atoms with van der Waals surface area (Å²) in [6.45, 7) is 4.07. The van der Waals surface area contributed by atoms with Gasteiger partial charge >= 0.3 is 57.3 Å². The predicted molar refractivity (Wildman–Crippen MR) is 47.0 cm³/mol. The third kappa shape index (κ3) is 5.49. The van der Waals surface area contributed by atoms with Gasteiger partial charge < -0.3 is 14.8 Å². The molecule has 7 heteroatoms. The van der Waals surface area contributed by atoms with Gasteiger partial charge in [0.25, 0.3) is 0 Å². The summed E-state index contributed by atoms with van der Waals surface area (Å²) < 4.78 is 25.6. The molecule has 0 aromatic carbocycles. The Morgan fingerprint density at radius 1 is 1.38 bits per heavy atom. The van der Waals surface area contributed by atoms with E-state index in [1.54, 1.807) is 13.8 Å². The molecule has 0 heterocycles. The van der Waals surface area contributed by atoms with Gasteiger partial charge in [-0.1, -0.05) is 0 Å². The first-order chi connectivity index (χ1) is 6.88. The van der Waals surface area contributed by atoms with Crippen LogP contribution in [0, 0.1) is 0 Å². The van der Waals surface area contributed by atoms with Gasteiger partial charge in [0.15, 0.2) is 6.29 Å². The quantitative estimate of drug-likeness (QED) is 0.286. The molecule has 16 heavy (non-hydrogen) atoms. The summed E-state index contributed by atoms with van der Waals surface area (Å²) in [4.78, 5) is 21.8. The van der Waals surface area contributed by atoms with Gasteiger partial charge in [0.05, 0.1) is 11.5 Å². The number of hydrogen-bond acceptors (Lipinski definition) is 4. The van der Waals surface area contributed by atoms with Crippen LogP contribution in [-0.2, 0) is 9.59 Å². The summed E-state index contributed by atoms with van der Waals surface area (Å²) in [5.41, 5.74) is -1.32. The van der Waals surface area contributed by atoms with E-state index in [4.69, 9.17) is 0 Å². The molecule has 0 spiro atoms. The molecule has 0 unspecified atom stereocenters. The van der Waals surface area contributed by atoms with E-state index in [1.807, 2.05) is 0 Å². The van der Waals surface area contributed by atoms with Crippen LogP contribution in [0.4, 0.5) is 8.78 Å². The minimum Gasteiger partial charge on any atom is -0.545 e. The Bertz CT molecular complexity index is 278. The molecule has 0 rings (SSSR count). The summed E-state index contributed by atoms with van der Waals surface area (Å²) in [6, 6.07) is 0. The summed E-state index contributed by atoms with van der Waals surface area (Å²) in [7, 11) is 0. The van der Waals surface area contributed by atoms with Crippen molar-refractivity contribution in [3.05, 3.63) is 11.8 Å². The number of nitrogens with zero attached hydrogens (tertiary/aromatic N) is 1. The van der Waals surface area contributed by atoms with Gasteiger partial charge in [0.1, 0.15) is 0 Å². The van der Waals surface area contributed by atoms with E-state index in [0.717, 1.165) is 6.20 Å². The van der Waals surface area contributed by atoms with Crippen LogP contribution in [0.5, 0.6) is 0 Å². The van der Waals surface area contributed by atoms with Crippen LogP contribution in [0.25, 0.3) is 0 Å². The summed E-state index contributed by atoms with van der Waals surface area (Å²) in [6.07, 6.45) is 0.0296. The van der Waals surface area contributed by atoms with E-state index in [1.165, 1.54) is 4.90 Å². The number of carboxylic acids is 1. The number of rotatable bonds is 6. The molecule has 0 aromatic rings. The van der Waals surface area contributed by atoms with Crippen LogP contribution in [0.3, 0.4) is 0 Å². The first kappa shape index (κ1) is 18.5. The molecule has 0 aliphatic heterocycles. The summed E-state index contributed by atoms with van der Waals surface area (Å²) in [5.74, 6) is -6.06. The van der Waals surface area contributed by atoms with Crippen LogP contribution in [0.15, 0.2) is 11.8 Å². The number of hydrogen-bond donors (Lipinski definition) is 0. The SMILES string of the molecule is CCN(C=C(C(=O)[O-])C(F)(F)C=O)CC.[K+]. The third-order valence-electron chi connectivity index (χ3n) is 1.85. The van der Waals surface area contributed by atoms with Crippen molar-refractivity contribution in [2.45, 2.75) is 19.8 Å². The molecule has 4 nitrogen and oxygen atoms in total. The molecule has 0 N–H and O–H groups in total. The van der Waals surface area contributed by atoms with Gasteiger partial charge in [-0.25, -0.2) is 0 Å². The fourth-order valence-electron chi connectivity index (χ4n) is 0.927. The normalized spacial score (nSPS) is 11.6. The van der Waals surface area contributed by atoms with Crippen LogP contribution < -0.4 is 56.5 Å². The molecule has 86 valence electrons. The number of aldehydes is 1. The zero-order chi connectivity index (χ0) is 12.1. The van der Waals surface area contributed by atoms with Gasteiger partial charge in [0.2, 0.25) is 0 Å². The standard InChI is InChI=1S/C9H13F2NO3.K/c1-3-12(4-2)5-7(8(14)15)9(10,11)6-13;/h5-6H,3-4H2,1-2H3,(H,14,15);/q;+1/p-1. The average molecular weight is 259 g/mol. The van der Waals surface area contributed by atoms with Crippen molar-refractivity contribution < 1.29 is 74.9 Å². The van der Waals surface area contributed by atoms with Gasteiger partial charge in [-0.05, 0) is 13.8 Å². The molecule has 0 atom stereocenters. The van der Waals surface area contributed by atoms with Crippen LogP contribution in [0.1, 0.15) is 13.8 Å². The maximum atomic E-state index is 12.8. The van der Waals surface area contributed by atoms with Crippen LogP contribution in [0.2, 0.25) is 0 Å². The molecular weight excluding hydrogens is 247 g/mol. The van der Waals surface area contributed by atoms with Crippen molar-refractivity contribution in [1.82, 2.24) is 4.90 Å². The minimum absolute atomic E-state index is 0. The van der Waals surface area contributed by atoms with E-state index >= 15 is 0 Å². The second kappa shape index (κ2) is 8.29. The zero-order valence-electron chi connectivity index (χ0n) is 9.50. The second-order valence-electron chi connectivity index (χ2n) is 2.79. The van der Waals surface area contributed by atoms with Crippen molar-refractivity contribution >= 4 is 12.3 Å². The van der Waals surface area contributed by atoms with E-state index in [0.29, 0.717) is 13.1 Å². The number of halogens is 2. The Hall–Kier alpha value is 0.176. The fourth-order valence-corrected chi connectivity index (χ4v) is 0.927. The molecule has 0 aliphatic rings. The maximum absolute atomic E-state index is 12.8. The van der Waals surface area contributed by atoms with Crippen LogP contribution in [-0.4, -0.2) is 36.2 Å². The molecule has 0 fully saturated rings. The predicted octanol–water partition coefficient (Wildman–Crippen LogP) is -3.20. The number of carbonyl (C=O) groups excluding carboxylic acids is 2. The molecule has 0 amide bonds. The van der Waals surface area contributed by atoms with Crippen LogP contribution >= 0.6 is 0 Å².